The number of fused-ring (bicyclic) bond motifs is 3. The predicted octanol–water partition coefficient (Wildman–Crippen LogP) is 0.429. The van der Waals surface area contributed by atoms with Gasteiger partial charge in [0.15, 0.2) is 23.1 Å². The molecule has 1 aliphatic heterocycles. The maximum atomic E-state index is 14.1. The van der Waals surface area contributed by atoms with Gasteiger partial charge in [-0.25, -0.2) is 0 Å². The molecule has 5 atom stereocenters. The Hall–Kier alpha value is -3.84. The Morgan fingerprint density at radius 1 is 1.19 bits per heavy atom. The number of Topliss-reactive ketones (excluding diaryl/α,β-unsaturated/α-hetero) is 3. The number of primary amides is 1. The number of furan rings is 1. The molecule has 2 heterocycles. The van der Waals surface area contributed by atoms with Crippen LogP contribution in [0.2, 0.25) is 0 Å². The van der Waals surface area contributed by atoms with Crippen LogP contribution in [0.25, 0.3) is 16.9 Å². The molecule has 12 nitrogen and oxygen atoms in total. The van der Waals surface area contributed by atoms with E-state index in [1.165, 1.54) is 11.2 Å². The van der Waals surface area contributed by atoms with Crippen LogP contribution in [0, 0.1) is 17.8 Å². The molecular formula is C30H33N3O9. The minimum Gasteiger partial charge on any atom is -0.507 e. The highest BCUT2D eigenvalue weighted by molar-refractivity contribution is 6.32. The molecule has 3 aliphatic carbocycles. The number of phenols is 1. The number of aromatic hydroxyl groups is 1. The summed E-state index contributed by atoms with van der Waals surface area (Å²) >= 11 is 0. The van der Waals surface area contributed by atoms with Gasteiger partial charge in [-0.3, -0.25) is 29.0 Å². The lowest BCUT2D eigenvalue weighted by molar-refractivity contribution is -0.175. The fourth-order valence-electron chi connectivity index (χ4n) is 7.31. The highest BCUT2D eigenvalue weighted by Crippen LogP contribution is 2.53. The average Bonchev–Trinajstić information content (AvgIpc) is 3.47. The molecule has 222 valence electrons. The lowest BCUT2D eigenvalue weighted by Crippen LogP contribution is -2.72. The van der Waals surface area contributed by atoms with Crippen molar-refractivity contribution >= 4 is 29.0 Å². The summed E-state index contributed by atoms with van der Waals surface area (Å²) in [6.07, 6.45) is 3.24. The fraction of sp³-hybridized carbons (Fsp3) is 0.467. The Kier molecular flexibility index (Phi) is 6.84. The number of hydrogen-bond acceptors (Lipinski definition) is 11. The number of aliphatic hydroxyl groups excluding tert-OH is 1. The third kappa shape index (κ3) is 4.04. The second-order valence-electron chi connectivity index (χ2n) is 11.8. The summed E-state index contributed by atoms with van der Waals surface area (Å²) in [6, 6.07) is 2.47. The molecule has 1 aromatic heterocycles. The van der Waals surface area contributed by atoms with Crippen molar-refractivity contribution in [1.29, 1.82) is 0 Å². The van der Waals surface area contributed by atoms with Crippen LogP contribution in [-0.4, -0.2) is 100 Å². The first kappa shape index (κ1) is 28.3. The zero-order chi connectivity index (χ0) is 30.1. The summed E-state index contributed by atoms with van der Waals surface area (Å²) in [5.41, 5.74) is 4.99. The summed E-state index contributed by atoms with van der Waals surface area (Å²) in [5, 5.41) is 35.0. The summed E-state index contributed by atoms with van der Waals surface area (Å²) in [5.74, 6) is -8.97. The number of morpholine rings is 1. The van der Waals surface area contributed by atoms with Crippen molar-refractivity contribution in [1.82, 2.24) is 9.80 Å². The Balaban J connectivity index is 1.52. The van der Waals surface area contributed by atoms with Crippen molar-refractivity contribution in [3.05, 3.63) is 46.9 Å². The lowest BCUT2D eigenvalue weighted by atomic mass is 9.54. The van der Waals surface area contributed by atoms with Crippen molar-refractivity contribution in [2.75, 3.05) is 40.4 Å². The van der Waals surface area contributed by atoms with Crippen LogP contribution in [0.1, 0.15) is 23.1 Å². The molecule has 1 saturated heterocycles. The van der Waals surface area contributed by atoms with E-state index in [0.29, 0.717) is 55.1 Å². The van der Waals surface area contributed by atoms with E-state index in [0.717, 1.165) is 0 Å². The van der Waals surface area contributed by atoms with Gasteiger partial charge in [-0.1, -0.05) is 0 Å². The number of rotatable bonds is 5. The molecule has 1 amide bonds. The molecule has 1 aromatic carbocycles. The molecule has 1 unspecified atom stereocenters. The fourth-order valence-corrected chi connectivity index (χ4v) is 7.31. The zero-order valence-electron chi connectivity index (χ0n) is 23.3. The summed E-state index contributed by atoms with van der Waals surface area (Å²) < 4.78 is 10.8. The van der Waals surface area contributed by atoms with Gasteiger partial charge in [-0.2, -0.15) is 0 Å². The Morgan fingerprint density at radius 2 is 1.90 bits per heavy atom. The predicted molar refractivity (Wildman–Crippen MR) is 147 cm³/mol. The largest absolute Gasteiger partial charge is 0.507 e. The normalized spacial score (nSPS) is 29.9. The number of amides is 1. The number of likely N-dealkylation sites (N-methyl/N-ethyl adjacent to an activating group) is 1. The van der Waals surface area contributed by atoms with Gasteiger partial charge in [0, 0.05) is 42.3 Å². The van der Waals surface area contributed by atoms with Crippen molar-refractivity contribution in [2.45, 2.75) is 31.0 Å². The molecule has 0 spiro atoms. The van der Waals surface area contributed by atoms with E-state index in [9.17, 15) is 34.5 Å². The Bertz CT molecular complexity index is 1520. The van der Waals surface area contributed by atoms with Gasteiger partial charge in [-0.05, 0) is 56.1 Å². The van der Waals surface area contributed by atoms with Crippen molar-refractivity contribution in [3.63, 3.8) is 0 Å². The maximum absolute atomic E-state index is 14.1. The molecule has 0 bridgehead atoms. The Morgan fingerprint density at radius 3 is 2.52 bits per heavy atom. The molecule has 3 fully saturated rings. The smallest absolute Gasteiger partial charge is 0.235 e. The summed E-state index contributed by atoms with van der Waals surface area (Å²) in [6.45, 7) is 2.73. The monoisotopic (exact) mass is 579 g/mol. The summed E-state index contributed by atoms with van der Waals surface area (Å²) in [7, 11) is 3.12. The topological polar surface area (TPSA) is 184 Å². The molecule has 2 aromatic rings. The quantitative estimate of drug-likeness (QED) is 0.360. The molecule has 6 rings (SSSR count). The standard InChI is InChI=1S/C30H33N3O9/c1-32(2)23-19-11-15-9-18-17(14-3-6-42-13-14)10-16(12-33-4-7-41-8-5-33)24(34)21(18)25(35)20(15)27(37)30(19,40)28(38)22(26(23)36)29(31)39/h3,6,10,13,15,19,22-23,34-35,40H,4-5,7-9,11-12H2,1-2H3,(H2,31,39)/t15-,19-,22?,23-,30-/m0/s1. The second kappa shape index (κ2) is 10.2. The molecule has 4 aliphatic rings. The van der Waals surface area contributed by atoms with Gasteiger partial charge in [0.25, 0.3) is 0 Å². The van der Waals surface area contributed by atoms with Gasteiger partial charge < -0.3 is 30.2 Å². The second-order valence-corrected chi connectivity index (χ2v) is 11.8. The molecule has 12 heteroatoms. The molecule has 0 radical (unpaired) electrons. The highest BCUT2D eigenvalue weighted by Gasteiger charge is 2.67. The number of ketones is 3. The molecule has 2 saturated carbocycles. The number of ether oxygens (including phenoxy) is 1. The van der Waals surface area contributed by atoms with Gasteiger partial charge in [-0.15, -0.1) is 0 Å². The minimum absolute atomic E-state index is 0.00595. The van der Waals surface area contributed by atoms with Crippen LogP contribution in [0.5, 0.6) is 5.75 Å². The van der Waals surface area contributed by atoms with E-state index in [2.05, 4.69) is 4.90 Å². The van der Waals surface area contributed by atoms with Gasteiger partial charge >= 0.3 is 0 Å². The Labute approximate surface area is 241 Å². The molecular weight excluding hydrogens is 546 g/mol. The van der Waals surface area contributed by atoms with Crippen LogP contribution in [0.4, 0.5) is 0 Å². The van der Waals surface area contributed by atoms with Crippen LogP contribution in [0.3, 0.4) is 0 Å². The van der Waals surface area contributed by atoms with E-state index >= 15 is 0 Å². The lowest BCUT2D eigenvalue weighted by Gasteiger charge is -2.51. The van der Waals surface area contributed by atoms with E-state index in [-0.39, 0.29) is 29.7 Å². The number of benzene rings is 1. The number of nitrogens with two attached hydrogens (primary N) is 1. The van der Waals surface area contributed by atoms with Crippen molar-refractivity contribution in [3.8, 4) is 16.9 Å². The average molecular weight is 580 g/mol. The number of nitrogens with zero attached hydrogens (tertiary/aromatic N) is 2. The number of aliphatic hydroxyl groups is 2. The molecule has 5 N–H and O–H groups in total. The number of carbonyl (C=O) groups excluding carboxylic acids is 4. The van der Waals surface area contributed by atoms with Crippen LogP contribution >= 0.6 is 0 Å². The third-order valence-electron chi connectivity index (χ3n) is 9.27. The first-order valence-electron chi connectivity index (χ1n) is 13.9. The number of carbonyl (C=O) groups is 4. The van der Waals surface area contributed by atoms with E-state index in [1.807, 2.05) is 6.07 Å². The van der Waals surface area contributed by atoms with Crippen molar-refractivity contribution < 1.29 is 43.7 Å². The van der Waals surface area contributed by atoms with Crippen LogP contribution in [0.15, 0.2) is 34.6 Å². The first-order valence-corrected chi connectivity index (χ1v) is 13.9. The van der Waals surface area contributed by atoms with Crippen LogP contribution < -0.4 is 5.73 Å². The SMILES string of the molecule is CN(C)[C@@H]1C(=O)C(C(N)=O)C(=O)[C@@]2(O)C(=O)C3=C(O)c4c(O)c(CN5CCOCC5)cc(-c5ccoc5)c4C[C@H]3C[C@@H]12. The van der Waals surface area contributed by atoms with E-state index in [1.54, 1.807) is 26.4 Å². The summed E-state index contributed by atoms with van der Waals surface area (Å²) in [4.78, 5) is 56.7. The van der Waals surface area contributed by atoms with Gasteiger partial charge in [0.05, 0.1) is 37.3 Å². The van der Waals surface area contributed by atoms with Gasteiger partial charge in [0.2, 0.25) is 11.7 Å². The van der Waals surface area contributed by atoms with Gasteiger partial charge in [0.1, 0.15) is 11.5 Å². The van der Waals surface area contributed by atoms with E-state index in [4.69, 9.17) is 14.9 Å². The van der Waals surface area contributed by atoms with Crippen LogP contribution in [-0.2, 0) is 36.9 Å². The molecule has 42 heavy (non-hydrogen) atoms. The van der Waals surface area contributed by atoms with E-state index < -0.39 is 58.4 Å². The number of phenolic OH excluding ortho intramolecular Hbond substituents is 1. The minimum atomic E-state index is -2.76. The first-order chi connectivity index (χ1) is 20.0. The zero-order valence-corrected chi connectivity index (χ0v) is 23.3. The highest BCUT2D eigenvalue weighted by atomic mass is 16.5. The third-order valence-corrected chi connectivity index (χ3v) is 9.27. The number of hydrogen-bond donors (Lipinski definition) is 4. The van der Waals surface area contributed by atoms with Crippen molar-refractivity contribution in [2.24, 2.45) is 23.5 Å². The maximum Gasteiger partial charge on any atom is 0.235 e.